The molecule has 3 heterocycles. The minimum absolute atomic E-state index is 0.316. The van der Waals surface area contributed by atoms with E-state index in [1.165, 1.54) is 5.56 Å². The van der Waals surface area contributed by atoms with Gasteiger partial charge in [-0.25, -0.2) is 4.98 Å². The van der Waals surface area contributed by atoms with Crippen molar-refractivity contribution in [2.75, 3.05) is 37.7 Å². The van der Waals surface area contributed by atoms with Crippen molar-refractivity contribution in [2.45, 2.75) is 32.4 Å². The van der Waals surface area contributed by atoms with Crippen LogP contribution in [0.1, 0.15) is 25.3 Å². The molecule has 128 valence electrons. The van der Waals surface area contributed by atoms with Gasteiger partial charge in [0.05, 0.1) is 0 Å². The van der Waals surface area contributed by atoms with E-state index >= 15 is 0 Å². The predicted molar refractivity (Wildman–Crippen MR) is 92.1 cm³/mol. The average Bonchev–Trinajstić information content (AvgIpc) is 3.01. The standard InChI is InChI=1S/C17H29N5O/c1-13-16(11-20-21-13)10-18-8-15-2-3-17(19-9-15)22-6-4-14(12-23)5-7-22/h2-3,9,13-14,16,18,20-21,23H,4-8,10-12H2,1H3. The summed E-state index contributed by atoms with van der Waals surface area (Å²) in [6, 6.07) is 4.81. The molecule has 4 N–H and O–H groups in total. The molecule has 0 saturated carbocycles. The lowest BCUT2D eigenvalue weighted by Crippen LogP contribution is -2.35. The van der Waals surface area contributed by atoms with E-state index in [1.54, 1.807) is 0 Å². The number of pyridine rings is 1. The Kier molecular flexibility index (Phi) is 5.83. The highest BCUT2D eigenvalue weighted by Crippen LogP contribution is 2.21. The van der Waals surface area contributed by atoms with Crippen LogP contribution in [0.2, 0.25) is 0 Å². The number of rotatable bonds is 6. The predicted octanol–water partition coefficient (Wildman–Crippen LogP) is 0.492. The molecule has 3 rings (SSSR count). The number of aliphatic hydroxyl groups is 1. The second-order valence-electron chi connectivity index (χ2n) is 6.84. The summed E-state index contributed by atoms with van der Waals surface area (Å²) in [5.41, 5.74) is 7.67. The molecule has 0 aliphatic carbocycles. The summed E-state index contributed by atoms with van der Waals surface area (Å²) in [5, 5.41) is 12.7. The molecule has 23 heavy (non-hydrogen) atoms. The number of piperidine rings is 1. The minimum Gasteiger partial charge on any atom is -0.396 e. The molecule has 0 spiro atoms. The van der Waals surface area contributed by atoms with E-state index in [2.05, 4.69) is 45.1 Å². The van der Waals surface area contributed by atoms with Crippen molar-refractivity contribution in [3.63, 3.8) is 0 Å². The third-order valence-electron chi connectivity index (χ3n) is 5.14. The van der Waals surface area contributed by atoms with Crippen LogP contribution in [-0.2, 0) is 6.54 Å². The molecule has 2 saturated heterocycles. The lowest BCUT2D eigenvalue weighted by Gasteiger charge is -2.32. The molecule has 0 amide bonds. The third kappa shape index (κ3) is 4.41. The summed E-state index contributed by atoms with van der Waals surface area (Å²) in [6.45, 7) is 7.42. The van der Waals surface area contributed by atoms with E-state index < -0.39 is 0 Å². The monoisotopic (exact) mass is 319 g/mol. The first kappa shape index (κ1) is 16.6. The van der Waals surface area contributed by atoms with Crippen molar-refractivity contribution in [2.24, 2.45) is 11.8 Å². The molecule has 0 radical (unpaired) electrons. The molecular formula is C17H29N5O. The van der Waals surface area contributed by atoms with Gasteiger partial charge in [0.25, 0.3) is 0 Å². The smallest absolute Gasteiger partial charge is 0.128 e. The number of aromatic nitrogens is 1. The Labute approximate surface area is 138 Å². The summed E-state index contributed by atoms with van der Waals surface area (Å²) < 4.78 is 0. The van der Waals surface area contributed by atoms with Crippen LogP contribution < -0.4 is 21.1 Å². The van der Waals surface area contributed by atoms with Crippen LogP contribution in [0.3, 0.4) is 0 Å². The normalized spacial score (nSPS) is 25.9. The molecule has 1 aromatic heterocycles. The molecule has 1 aromatic rings. The van der Waals surface area contributed by atoms with Crippen molar-refractivity contribution >= 4 is 5.82 Å². The van der Waals surface area contributed by atoms with Crippen LogP contribution in [0.5, 0.6) is 0 Å². The molecule has 2 fully saturated rings. The number of anilines is 1. The van der Waals surface area contributed by atoms with Gasteiger partial charge in [0.1, 0.15) is 5.82 Å². The van der Waals surface area contributed by atoms with Gasteiger partial charge in [-0.3, -0.25) is 10.9 Å². The van der Waals surface area contributed by atoms with Crippen molar-refractivity contribution in [3.05, 3.63) is 23.9 Å². The van der Waals surface area contributed by atoms with Crippen LogP contribution in [0.4, 0.5) is 5.82 Å². The maximum absolute atomic E-state index is 9.21. The maximum atomic E-state index is 9.21. The van der Waals surface area contributed by atoms with E-state index in [0.717, 1.165) is 51.4 Å². The van der Waals surface area contributed by atoms with Crippen LogP contribution in [0.15, 0.2) is 18.3 Å². The van der Waals surface area contributed by atoms with Gasteiger partial charge < -0.3 is 15.3 Å². The zero-order chi connectivity index (χ0) is 16.1. The molecule has 0 bridgehead atoms. The second kappa shape index (κ2) is 8.06. The van der Waals surface area contributed by atoms with Crippen LogP contribution in [0, 0.1) is 11.8 Å². The van der Waals surface area contributed by atoms with Crippen LogP contribution >= 0.6 is 0 Å². The lowest BCUT2D eigenvalue weighted by atomic mass is 9.98. The first-order valence-corrected chi connectivity index (χ1v) is 8.76. The summed E-state index contributed by atoms with van der Waals surface area (Å²) in [5.74, 6) is 2.16. The maximum Gasteiger partial charge on any atom is 0.128 e. The topological polar surface area (TPSA) is 72.5 Å². The Morgan fingerprint density at radius 3 is 2.78 bits per heavy atom. The number of nitrogens with zero attached hydrogens (tertiary/aromatic N) is 2. The number of nitrogens with one attached hydrogen (secondary N) is 3. The van der Waals surface area contributed by atoms with E-state index in [0.29, 0.717) is 24.5 Å². The van der Waals surface area contributed by atoms with Gasteiger partial charge in [-0.1, -0.05) is 6.07 Å². The van der Waals surface area contributed by atoms with Gasteiger partial charge in [-0.15, -0.1) is 0 Å². The van der Waals surface area contributed by atoms with Crippen LogP contribution in [-0.4, -0.2) is 48.9 Å². The zero-order valence-corrected chi connectivity index (χ0v) is 14.0. The summed E-state index contributed by atoms with van der Waals surface area (Å²) in [7, 11) is 0. The van der Waals surface area contributed by atoms with Crippen molar-refractivity contribution in [1.29, 1.82) is 0 Å². The van der Waals surface area contributed by atoms with E-state index in [1.807, 2.05) is 6.20 Å². The number of hydrogen-bond acceptors (Lipinski definition) is 6. The number of hydrazine groups is 1. The Morgan fingerprint density at radius 1 is 1.35 bits per heavy atom. The summed E-state index contributed by atoms with van der Waals surface area (Å²) in [6.07, 6.45) is 4.10. The zero-order valence-electron chi connectivity index (χ0n) is 14.0. The molecule has 2 atom stereocenters. The molecule has 6 heteroatoms. The van der Waals surface area contributed by atoms with E-state index in [4.69, 9.17) is 0 Å². The van der Waals surface area contributed by atoms with Gasteiger partial charge in [-0.2, -0.15) is 0 Å². The Morgan fingerprint density at radius 2 is 2.17 bits per heavy atom. The van der Waals surface area contributed by atoms with Gasteiger partial charge in [0.2, 0.25) is 0 Å². The van der Waals surface area contributed by atoms with Gasteiger partial charge in [-0.05, 0) is 37.3 Å². The van der Waals surface area contributed by atoms with E-state index in [-0.39, 0.29) is 0 Å². The van der Waals surface area contributed by atoms with Crippen molar-refractivity contribution < 1.29 is 5.11 Å². The molecule has 2 aliphatic rings. The fraction of sp³-hybridized carbons (Fsp3) is 0.706. The highest BCUT2D eigenvalue weighted by molar-refractivity contribution is 5.39. The van der Waals surface area contributed by atoms with Gasteiger partial charge in [0, 0.05) is 57.5 Å². The quantitative estimate of drug-likeness (QED) is 0.612. The van der Waals surface area contributed by atoms with E-state index in [9.17, 15) is 5.11 Å². The largest absolute Gasteiger partial charge is 0.396 e. The molecule has 0 aromatic carbocycles. The van der Waals surface area contributed by atoms with Crippen LogP contribution in [0.25, 0.3) is 0 Å². The molecule has 2 aliphatic heterocycles. The molecule has 6 nitrogen and oxygen atoms in total. The lowest BCUT2D eigenvalue weighted by molar-refractivity contribution is 0.203. The second-order valence-corrected chi connectivity index (χ2v) is 6.84. The minimum atomic E-state index is 0.316. The fourth-order valence-electron chi connectivity index (χ4n) is 3.35. The Hall–Kier alpha value is -1.21. The summed E-state index contributed by atoms with van der Waals surface area (Å²) >= 11 is 0. The van der Waals surface area contributed by atoms with Gasteiger partial charge >= 0.3 is 0 Å². The first-order valence-electron chi connectivity index (χ1n) is 8.76. The van der Waals surface area contributed by atoms with Crippen molar-refractivity contribution in [3.8, 4) is 0 Å². The molecular weight excluding hydrogens is 290 g/mol. The first-order chi connectivity index (χ1) is 11.3. The average molecular weight is 319 g/mol. The SMILES string of the molecule is CC1NNCC1CNCc1ccc(N2CCC(CO)CC2)nc1. The Bertz CT molecular complexity index is 472. The Balaban J connectivity index is 1.44. The summed E-state index contributed by atoms with van der Waals surface area (Å²) in [4.78, 5) is 6.94. The number of hydrogen-bond donors (Lipinski definition) is 4. The fourth-order valence-corrected chi connectivity index (χ4v) is 3.35. The molecule has 2 unspecified atom stereocenters. The van der Waals surface area contributed by atoms with Gasteiger partial charge in [0.15, 0.2) is 0 Å². The highest BCUT2D eigenvalue weighted by Gasteiger charge is 2.22. The number of aliphatic hydroxyl groups excluding tert-OH is 1. The third-order valence-corrected chi connectivity index (χ3v) is 5.14. The van der Waals surface area contributed by atoms with Crippen molar-refractivity contribution in [1.82, 2.24) is 21.2 Å². The highest BCUT2D eigenvalue weighted by atomic mass is 16.3.